The molecule has 0 saturated heterocycles. The average Bonchev–Trinajstić information content (AvgIpc) is 2.89. The van der Waals surface area contributed by atoms with E-state index >= 15 is 0 Å². The van der Waals surface area contributed by atoms with Gasteiger partial charge >= 0.3 is 0 Å². The highest BCUT2D eigenvalue weighted by Crippen LogP contribution is 2.28. The maximum Gasteiger partial charge on any atom is 0.195 e. The van der Waals surface area contributed by atoms with E-state index in [1.807, 2.05) is 25.1 Å². The van der Waals surface area contributed by atoms with Gasteiger partial charge in [0.15, 0.2) is 5.78 Å². The van der Waals surface area contributed by atoms with Crippen molar-refractivity contribution in [2.45, 2.75) is 6.92 Å². The first kappa shape index (κ1) is 13.9. The Balaban J connectivity index is 2.08. The lowest BCUT2D eigenvalue weighted by Crippen LogP contribution is -2.01. The van der Waals surface area contributed by atoms with Crippen LogP contribution in [0.3, 0.4) is 0 Å². The van der Waals surface area contributed by atoms with Gasteiger partial charge in [-0.25, -0.2) is 0 Å². The van der Waals surface area contributed by atoms with Crippen molar-refractivity contribution in [1.29, 1.82) is 0 Å². The summed E-state index contributed by atoms with van der Waals surface area (Å²) < 4.78 is 5.96. The number of hydrogen-bond acceptors (Lipinski definition) is 2. The van der Waals surface area contributed by atoms with Gasteiger partial charge < -0.3 is 9.72 Å². The molecule has 3 rings (SSSR count). The van der Waals surface area contributed by atoms with Crippen LogP contribution in [0, 0.1) is 6.92 Å². The lowest BCUT2D eigenvalue weighted by molar-refractivity contribution is 0.104. The molecule has 0 aliphatic rings. The molecule has 0 amide bonds. The summed E-state index contributed by atoms with van der Waals surface area (Å²) in [5.41, 5.74) is 3.42. The fourth-order valence-corrected chi connectivity index (χ4v) is 2.93. The predicted octanol–water partition coefficient (Wildman–Crippen LogP) is 4.48. The minimum atomic E-state index is -0.00444. The standard InChI is InChI=1S/C17H14BrNO2/c1-10-3-5-15-12(7-10)13(9-19-15)17(20)11-4-6-16(21-2)14(18)8-11/h3-9,19H,1-2H3. The van der Waals surface area contributed by atoms with Gasteiger partial charge in [0.05, 0.1) is 11.6 Å². The summed E-state index contributed by atoms with van der Waals surface area (Å²) in [6.07, 6.45) is 1.77. The minimum absolute atomic E-state index is 0.00444. The number of H-pyrrole nitrogens is 1. The van der Waals surface area contributed by atoms with E-state index in [0.717, 1.165) is 20.9 Å². The summed E-state index contributed by atoms with van der Waals surface area (Å²) in [4.78, 5) is 15.8. The van der Waals surface area contributed by atoms with E-state index in [9.17, 15) is 4.79 Å². The van der Waals surface area contributed by atoms with Crippen LogP contribution in [-0.4, -0.2) is 17.9 Å². The summed E-state index contributed by atoms with van der Waals surface area (Å²) in [5.74, 6) is 0.705. The van der Waals surface area contributed by atoms with Crippen molar-refractivity contribution in [2.24, 2.45) is 0 Å². The Bertz CT molecular complexity index is 836. The first-order chi connectivity index (χ1) is 10.1. The van der Waals surface area contributed by atoms with Crippen molar-refractivity contribution in [2.75, 3.05) is 7.11 Å². The van der Waals surface area contributed by atoms with Gasteiger partial charge in [0.25, 0.3) is 0 Å². The molecule has 21 heavy (non-hydrogen) atoms. The van der Waals surface area contributed by atoms with E-state index in [1.165, 1.54) is 0 Å². The number of aromatic amines is 1. The van der Waals surface area contributed by atoms with Crippen LogP contribution in [-0.2, 0) is 0 Å². The van der Waals surface area contributed by atoms with E-state index in [-0.39, 0.29) is 5.78 Å². The second-order valence-electron chi connectivity index (χ2n) is 4.93. The zero-order valence-corrected chi connectivity index (χ0v) is 13.3. The SMILES string of the molecule is COc1ccc(C(=O)c2c[nH]c3ccc(C)cc23)cc1Br. The monoisotopic (exact) mass is 343 g/mol. The molecule has 0 radical (unpaired) electrons. The van der Waals surface area contributed by atoms with Gasteiger partial charge in [0.1, 0.15) is 5.75 Å². The van der Waals surface area contributed by atoms with Crippen molar-refractivity contribution in [1.82, 2.24) is 4.98 Å². The molecule has 4 heteroatoms. The van der Waals surface area contributed by atoms with Gasteiger partial charge in [-0.05, 0) is 53.2 Å². The number of benzene rings is 2. The van der Waals surface area contributed by atoms with Gasteiger partial charge in [-0.3, -0.25) is 4.79 Å². The van der Waals surface area contributed by atoms with E-state index in [4.69, 9.17) is 4.74 Å². The first-order valence-electron chi connectivity index (χ1n) is 6.56. The maximum atomic E-state index is 12.7. The molecule has 0 unspecified atom stereocenters. The summed E-state index contributed by atoms with van der Waals surface area (Å²) in [6.45, 7) is 2.02. The van der Waals surface area contributed by atoms with Crippen LogP contribution in [0.25, 0.3) is 10.9 Å². The van der Waals surface area contributed by atoms with Crippen molar-refractivity contribution >= 4 is 32.6 Å². The quantitative estimate of drug-likeness (QED) is 0.712. The number of ether oxygens (including phenoxy) is 1. The number of fused-ring (bicyclic) bond motifs is 1. The Kier molecular flexibility index (Phi) is 3.55. The van der Waals surface area contributed by atoms with Crippen molar-refractivity contribution in [3.63, 3.8) is 0 Å². The first-order valence-corrected chi connectivity index (χ1v) is 7.35. The highest BCUT2D eigenvalue weighted by atomic mass is 79.9. The molecule has 0 atom stereocenters. The second kappa shape index (κ2) is 5.37. The Hall–Kier alpha value is -2.07. The highest BCUT2D eigenvalue weighted by molar-refractivity contribution is 9.10. The summed E-state index contributed by atoms with van der Waals surface area (Å²) in [5, 5.41) is 0.951. The largest absolute Gasteiger partial charge is 0.496 e. The van der Waals surface area contributed by atoms with Gasteiger partial charge in [-0.1, -0.05) is 11.6 Å². The number of aryl methyl sites for hydroxylation is 1. The zero-order chi connectivity index (χ0) is 15.0. The number of aromatic nitrogens is 1. The van der Waals surface area contributed by atoms with E-state index in [0.29, 0.717) is 16.9 Å². The van der Waals surface area contributed by atoms with Gasteiger partial charge in [-0.2, -0.15) is 0 Å². The third-order valence-electron chi connectivity index (χ3n) is 3.50. The third-order valence-corrected chi connectivity index (χ3v) is 4.12. The molecule has 0 aliphatic heterocycles. The zero-order valence-electron chi connectivity index (χ0n) is 11.7. The van der Waals surface area contributed by atoms with Crippen LogP contribution in [0.5, 0.6) is 5.75 Å². The smallest absolute Gasteiger partial charge is 0.195 e. The molecule has 3 nitrogen and oxygen atoms in total. The maximum absolute atomic E-state index is 12.7. The van der Waals surface area contributed by atoms with E-state index in [2.05, 4.69) is 20.9 Å². The molecule has 0 fully saturated rings. The van der Waals surface area contributed by atoms with Crippen LogP contribution >= 0.6 is 15.9 Å². The Labute approximate surface area is 131 Å². The number of ketones is 1. The molecule has 3 aromatic rings. The highest BCUT2D eigenvalue weighted by Gasteiger charge is 2.15. The number of halogens is 1. The number of hydrogen-bond donors (Lipinski definition) is 1. The number of rotatable bonds is 3. The van der Waals surface area contributed by atoms with Gasteiger partial charge in [-0.15, -0.1) is 0 Å². The van der Waals surface area contributed by atoms with Gasteiger partial charge in [0, 0.05) is 28.2 Å². The molecular formula is C17H14BrNO2. The number of methoxy groups -OCH3 is 1. The molecule has 0 saturated carbocycles. The van der Waals surface area contributed by atoms with E-state index in [1.54, 1.807) is 31.5 Å². The lowest BCUT2D eigenvalue weighted by atomic mass is 10.0. The average molecular weight is 344 g/mol. The Morgan fingerprint density at radius 3 is 2.71 bits per heavy atom. The minimum Gasteiger partial charge on any atom is -0.496 e. The van der Waals surface area contributed by atoms with Gasteiger partial charge in [0.2, 0.25) is 0 Å². The summed E-state index contributed by atoms with van der Waals surface area (Å²) >= 11 is 3.42. The third kappa shape index (κ3) is 2.47. The van der Waals surface area contributed by atoms with Crippen molar-refractivity contribution in [3.8, 4) is 5.75 Å². The predicted molar refractivity (Wildman–Crippen MR) is 87.2 cm³/mol. The molecule has 0 aliphatic carbocycles. The van der Waals surface area contributed by atoms with Crippen LogP contribution in [0.15, 0.2) is 47.1 Å². The molecule has 1 N–H and O–H groups in total. The van der Waals surface area contributed by atoms with Crippen molar-refractivity contribution in [3.05, 3.63) is 63.8 Å². The molecule has 2 aromatic carbocycles. The van der Waals surface area contributed by atoms with Crippen LogP contribution in [0.4, 0.5) is 0 Å². The second-order valence-corrected chi connectivity index (χ2v) is 5.78. The molecule has 1 aromatic heterocycles. The molecule has 0 bridgehead atoms. The molecule has 106 valence electrons. The normalized spacial score (nSPS) is 10.8. The summed E-state index contributed by atoms with van der Waals surface area (Å²) in [6, 6.07) is 11.4. The van der Waals surface area contributed by atoms with Crippen LogP contribution < -0.4 is 4.74 Å². The Morgan fingerprint density at radius 2 is 2.00 bits per heavy atom. The fourth-order valence-electron chi connectivity index (χ4n) is 2.39. The van der Waals surface area contributed by atoms with Crippen LogP contribution in [0.2, 0.25) is 0 Å². The molecular weight excluding hydrogens is 330 g/mol. The van der Waals surface area contributed by atoms with Crippen LogP contribution in [0.1, 0.15) is 21.5 Å². The molecule has 1 heterocycles. The number of carbonyl (C=O) groups is 1. The fraction of sp³-hybridized carbons (Fsp3) is 0.118. The number of carbonyl (C=O) groups excluding carboxylic acids is 1. The lowest BCUT2D eigenvalue weighted by Gasteiger charge is -2.05. The van der Waals surface area contributed by atoms with Crippen molar-refractivity contribution < 1.29 is 9.53 Å². The summed E-state index contributed by atoms with van der Waals surface area (Å²) in [7, 11) is 1.60. The van der Waals surface area contributed by atoms with E-state index < -0.39 is 0 Å². The number of nitrogens with one attached hydrogen (secondary N) is 1. The molecule has 0 spiro atoms. The topological polar surface area (TPSA) is 42.1 Å². The Morgan fingerprint density at radius 1 is 1.19 bits per heavy atom.